The van der Waals surface area contributed by atoms with Gasteiger partial charge < -0.3 is 9.64 Å². The second-order valence-corrected chi connectivity index (χ2v) is 9.65. The van der Waals surface area contributed by atoms with Crippen molar-refractivity contribution in [2.75, 3.05) is 13.1 Å². The molecule has 1 aromatic carbocycles. The molecule has 1 aromatic heterocycles. The third kappa shape index (κ3) is 4.06. The van der Waals surface area contributed by atoms with E-state index >= 15 is 0 Å². The van der Waals surface area contributed by atoms with E-state index in [0.29, 0.717) is 38.1 Å². The molecule has 0 saturated carbocycles. The van der Waals surface area contributed by atoms with Crippen LogP contribution in [0.4, 0.5) is 0 Å². The summed E-state index contributed by atoms with van der Waals surface area (Å²) in [5.74, 6) is 0.505. The Bertz CT molecular complexity index is 996. The fourth-order valence-corrected chi connectivity index (χ4v) is 6.04. The Hall–Kier alpha value is -2.45. The quantitative estimate of drug-likeness (QED) is 0.747. The number of aromatic nitrogens is 1. The summed E-state index contributed by atoms with van der Waals surface area (Å²) in [6.45, 7) is 3.31. The number of carbonyl (C=O) groups is 1. The first-order valence-electron chi connectivity index (χ1n) is 10.4. The molecule has 2 aliphatic heterocycles. The van der Waals surface area contributed by atoms with Crippen LogP contribution in [0.3, 0.4) is 0 Å². The number of ether oxygens (including phenoxy) is 1. The van der Waals surface area contributed by atoms with Gasteiger partial charge in [-0.2, -0.15) is 4.31 Å². The average molecular weight is 430 g/mol. The van der Waals surface area contributed by atoms with Gasteiger partial charge in [-0.3, -0.25) is 9.78 Å². The molecule has 2 aromatic rings. The summed E-state index contributed by atoms with van der Waals surface area (Å²) >= 11 is 0. The number of hydrogen-bond acceptors (Lipinski definition) is 5. The molecular weight excluding hydrogens is 402 g/mol. The molecule has 0 radical (unpaired) electrons. The zero-order valence-electron chi connectivity index (χ0n) is 17.1. The van der Waals surface area contributed by atoms with E-state index in [1.807, 2.05) is 17.9 Å². The van der Waals surface area contributed by atoms with Crippen molar-refractivity contribution in [1.82, 2.24) is 14.2 Å². The lowest BCUT2D eigenvalue weighted by atomic mass is 10.1. The third-order valence-corrected chi connectivity index (χ3v) is 7.68. The average Bonchev–Trinajstić information content (AvgIpc) is 2.99. The van der Waals surface area contributed by atoms with Crippen molar-refractivity contribution in [3.63, 3.8) is 0 Å². The van der Waals surface area contributed by atoms with Gasteiger partial charge in [-0.05, 0) is 36.6 Å². The van der Waals surface area contributed by atoms with E-state index < -0.39 is 10.0 Å². The second kappa shape index (κ2) is 8.73. The van der Waals surface area contributed by atoms with E-state index in [-0.39, 0.29) is 29.5 Å². The summed E-state index contributed by atoms with van der Waals surface area (Å²) in [5, 5.41) is 0. The number of hydrogen-bond donors (Lipinski definition) is 0. The summed E-state index contributed by atoms with van der Waals surface area (Å²) in [7, 11) is -3.77. The molecule has 0 spiro atoms. The predicted octanol–water partition coefficient (Wildman–Crippen LogP) is 2.82. The maximum Gasteiger partial charge on any atom is 0.247 e. The van der Waals surface area contributed by atoms with E-state index in [1.165, 1.54) is 0 Å². The lowest BCUT2D eigenvalue weighted by molar-refractivity contribution is -0.131. The summed E-state index contributed by atoms with van der Waals surface area (Å²) in [4.78, 5) is 18.7. The molecule has 3 heterocycles. The normalized spacial score (nSPS) is 23.4. The van der Waals surface area contributed by atoms with Crippen LogP contribution in [0.5, 0.6) is 5.75 Å². The number of nitrogens with zero attached hydrogens (tertiary/aromatic N) is 3. The Morgan fingerprint density at radius 1 is 1.17 bits per heavy atom. The zero-order valence-corrected chi connectivity index (χ0v) is 17.9. The zero-order chi connectivity index (χ0) is 21.1. The summed E-state index contributed by atoms with van der Waals surface area (Å²) in [6, 6.07) is 10.1. The number of para-hydroxylation sites is 1. The molecule has 0 aliphatic carbocycles. The monoisotopic (exact) mass is 429 g/mol. The van der Waals surface area contributed by atoms with Crippen molar-refractivity contribution in [3.05, 3.63) is 54.4 Å². The van der Waals surface area contributed by atoms with Crippen LogP contribution in [0, 0.1) is 0 Å². The first kappa shape index (κ1) is 20.8. The third-order valence-electron chi connectivity index (χ3n) is 5.77. The van der Waals surface area contributed by atoms with Crippen molar-refractivity contribution < 1.29 is 17.9 Å². The van der Waals surface area contributed by atoms with Crippen LogP contribution in [0.2, 0.25) is 0 Å². The van der Waals surface area contributed by atoms with Crippen molar-refractivity contribution >= 4 is 15.9 Å². The van der Waals surface area contributed by atoms with E-state index in [2.05, 4.69) is 4.98 Å². The number of amides is 1. The minimum absolute atomic E-state index is 0.121. The fraction of sp³-hybridized carbons (Fsp3) is 0.455. The summed E-state index contributed by atoms with van der Waals surface area (Å²) < 4.78 is 35.1. The standard InChI is InChI=1S/C22H27N3O4S/c1-2-6-22(26)24-13-10-18-19(11-14-24)29-20-8-3-4-9-21(20)30(27,28)25(18)16-17-7-5-12-23-15-17/h3-5,7-9,12,15,18-19H,2,6,10-11,13-14,16H2,1H3/t18-,19-/m1/s1. The van der Waals surface area contributed by atoms with Gasteiger partial charge >= 0.3 is 0 Å². The van der Waals surface area contributed by atoms with E-state index in [0.717, 1.165) is 12.0 Å². The van der Waals surface area contributed by atoms with Crippen LogP contribution in [-0.4, -0.2) is 53.7 Å². The van der Waals surface area contributed by atoms with Crippen LogP contribution in [-0.2, 0) is 21.4 Å². The first-order chi connectivity index (χ1) is 14.5. The molecule has 1 saturated heterocycles. The van der Waals surface area contributed by atoms with Gasteiger partial charge in [-0.25, -0.2) is 8.42 Å². The minimum atomic E-state index is -3.77. The molecule has 0 N–H and O–H groups in total. The highest BCUT2D eigenvalue weighted by molar-refractivity contribution is 7.89. The Kier molecular flexibility index (Phi) is 6.06. The SMILES string of the molecule is CCCC(=O)N1CC[C@@H]2[C@@H](CC1)Oc1ccccc1S(=O)(=O)N2Cc1cccnc1. The van der Waals surface area contributed by atoms with Gasteiger partial charge in [0.1, 0.15) is 16.7 Å². The lowest BCUT2D eigenvalue weighted by Crippen LogP contribution is -2.46. The van der Waals surface area contributed by atoms with Crippen molar-refractivity contribution in [1.29, 1.82) is 0 Å². The Morgan fingerprint density at radius 3 is 2.73 bits per heavy atom. The number of likely N-dealkylation sites (tertiary alicyclic amines) is 1. The van der Waals surface area contributed by atoms with Gasteiger partial charge in [-0.15, -0.1) is 0 Å². The van der Waals surface area contributed by atoms with Gasteiger partial charge in [0.05, 0.1) is 6.04 Å². The molecule has 8 heteroatoms. The molecule has 0 bridgehead atoms. The number of sulfonamides is 1. The maximum atomic E-state index is 13.7. The number of carbonyl (C=O) groups excluding carboxylic acids is 1. The molecular formula is C22H27N3O4S. The molecule has 30 heavy (non-hydrogen) atoms. The highest BCUT2D eigenvalue weighted by Crippen LogP contribution is 2.37. The van der Waals surface area contributed by atoms with E-state index in [1.54, 1.807) is 47.0 Å². The topological polar surface area (TPSA) is 79.8 Å². The smallest absolute Gasteiger partial charge is 0.247 e. The highest BCUT2D eigenvalue weighted by Gasteiger charge is 2.43. The van der Waals surface area contributed by atoms with Gasteiger partial charge in [0.25, 0.3) is 0 Å². The lowest BCUT2D eigenvalue weighted by Gasteiger charge is -2.31. The van der Waals surface area contributed by atoms with Crippen molar-refractivity contribution in [2.45, 2.75) is 56.2 Å². The second-order valence-electron chi connectivity index (χ2n) is 7.79. The molecule has 1 fully saturated rings. The number of pyridine rings is 1. The molecule has 160 valence electrons. The van der Waals surface area contributed by atoms with Gasteiger partial charge in [-0.1, -0.05) is 25.1 Å². The van der Waals surface area contributed by atoms with Crippen LogP contribution in [0.25, 0.3) is 0 Å². The van der Waals surface area contributed by atoms with Crippen LogP contribution >= 0.6 is 0 Å². The molecule has 0 unspecified atom stereocenters. The van der Waals surface area contributed by atoms with E-state index in [4.69, 9.17) is 4.74 Å². The summed E-state index contributed by atoms with van der Waals surface area (Å²) in [5.41, 5.74) is 0.822. The molecule has 2 aliphatic rings. The van der Waals surface area contributed by atoms with E-state index in [9.17, 15) is 13.2 Å². The van der Waals surface area contributed by atoms with Gasteiger partial charge in [0.15, 0.2) is 0 Å². The van der Waals surface area contributed by atoms with Gasteiger partial charge in [0, 0.05) is 44.9 Å². The van der Waals surface area contributed by atoms with Crippen LogP contribution in [0.1, 0.15) is 38.2 Å². The largest absolute Gasteiger partial charge is 0.487 e. The molecule has 4 rings (SSSR count). The first-order valence-corrected chi connectivity index (χ1v) is 11.9. The van der Waals surface area contributed by atoms with Crippen molar-refractivity contribution in [2.24, 2.45) is 0 Å². The number of fused-ring (bicyclic) bond motifs is 2. The van der Waals surface area contributed by atoms with Crippen LogP contribution < -0.4 is 4.74 Å². The summed E-state index contributed by atoms with van der Waals surface area (Å²) in [6.07, 6.45) is 5.48. The Labute approximate surface area is 177 Å². The molecule has 7 nitrogen and oxygen atoms in total. The Morgan fingerprint density at radius 2 is 1.97 bits per heavy atom. The Balaban J connectivity index is 1.72. The van der Waals surface area contributed by atoms with Crippen molar-refractivity contribution in [3.8, 4) is 5.75 Å². The molecule has 1 amide bonds. The predicted molar refractivity (Wildman–Crippen MR) is 112 cm³/mol. The van der Waals surface area contributed by atoms with Gasteiger partial charge in [0.2, 0.25) is 15.9 Å². The fourth-order valence-electron chi connectivity index (χ4n) is 4.25. The minimum Gasteiger partial charge on any atom is -0.487 e. The maximum absolute atomic E-state index is 13.7. The highest BCUT2D eigenvalue weighted by atomic mass is 32.2. The van der Waals surface area contributed by atoms with Crippen LogP contribution in [0.15, 0.2) is 53.7 Å². The molecule has 2 atom stereocenters. The number of benzene rings is 1. The number of rotatable bonds is 4.